The van der Waals surface area contributed by atoms with E-state index < -0.39 is 15.2 Å². The highest BCUT2D eigenvalue weighted by Crippen LogP contribution is 2.31. The van der Waals surface area contributed by atoms with Gasteiger partial charge in [-0.3, -0.25) is 10.1 Å². The molecule has 1 aliphatic rings. The molecule has 1 saturated heterocycles. The molecule has 1 amide bonds. The maximum Gasteiger partial charge on any atom is 0.435 e. The van der Waals surface area contributed by atoms with Gasteiger partial charge in [-0.2, -0.15) is 9.78 Å². The number of carbonyl (C=O) groups excluding carboxylic acids is 2. The van der Waals surface area contributed by atoms with Gasteiger partial charge in [0.1, 0.15) is 11.4 Å². The number of rotatable bonds is 5. The van der Waals surface area contributed by atoms with Crippen molar-refractivity contribution < 1.29 is 14.3 Å². The number of halogens is 1. The van der Waals surface area contributed by atoms with Crippen molar-refractivity contribution in [2.24, 2.45) is 0 Å². The molecule has 0 spiro atoms. The highest BCUT2D eigenvalue weighted by atomic mass is 127. The molecular weight excluding hydrogens is 645 g/mol. The van der Waals surface area contributed by atoms with E-state index in [2.05, 4.69) is 43.6 Å². The van der Waals surface area contributed by atoms with Crippen molar-refractivity contribution in [3.05, 3.63) is 72.9 Å². The van der Waals surface area contributed by atoms with Crippen LogP contribution in [0.15, 0.2) is 72.9 Å². The summed E-state index contributed by atoms with van der Waals surface area (Å²) >= 11 is 2.19. The zero-order chi connectivity index (χ0) is 29.5. The van der Waals surface area contributed by atoms with Gasteiger partial charge in [-0.25, -0.2) is 14.8 Å². The average Bonchev–Trinajstić information content (AvgIpc) is 3.59. The molecule has 10 nitrogen and oxygen atoms in total. The fourth-order valence-corrected chi connectivity index (χ4v) is 5.65. The summed E-state index contributed by atoms with van der Waals surface area (Å²) in [5.41, 5.74) is 3.03. The Morgan fingerprint density at radius 3 is 2.64 bits per heavy atom. The van der Waals surface area contributed by atoms with Gasteiger partial charge in [0, 0.05) is 27.7 Å². The lowest BCUT2D eigenvalue weighted by Crippen LogP contribution is -2.45. The van der Waals surface area contributed by atoms with Gasteiger partial charge in [-0.05, 0) is 82.6 Å². The Morgan fingerprint density at radius 2 is 1.86 bits per heavy atom. The van der Waals surface area contributed by atoms with Crippen molar-refractivity contribution in [2.45, 2.75) is 42.8 Å². The minimum Gasteiger partial charge on any atom is -0.442 e. The number of nitrogens with one attached hydrogen (secondary N) is 3. The number of aromatic nitrogens is 4. The van der Waals surface area contributed by atoms with Gasteiger partial charge in [0.05, 0.1) is 17.2 Å². The molecule has 0 bridgehead atoms. The summed E-state index contributed by atoms with van der Waals surface area (Å²) in [4.78, 5) is 35.3. The van der Waals surface area contributed by atoms with E-state index in [1.165, 1.54) is 4.68 Å². The van der Waals surface area contributed by atoms with Crippen molar-refractivity contribution in [1.29, 1.82) is 0 Å². The van der Waals surface area contributed by atoms with E-state index in [1.807, 2.05) is 87.5 Å². The molecule has 0 unspecified atom stereocenters. The van der Waals surface area contributed by atoms with E-state index in [1.54, 1.807) is 6.20 Å². The quantitative estimate of drug-likeness (QED) is 0.108. The van der Waals surface area contributed by atoms with Crippen molar-refractivity contribution >= 4 is 73.6 Å². The predicted octanol–water partition coefficient (Wildman–Crippen LogP) is 6.63. The highest BCUT2D eigenvalue weighted by molar-refractivity contribution is 14.1. The highest BCUT2D eigenvalue weighted by Gasteiger charge is 2.38. The van der Waals surface area contributed by atoms with Crippen molar-refractivity contribution in [3.8, 4) is 11.4 Å². The number of hydrogen-bond donors (Lipinski definition) is 3. The summed E-state index contributed by atoms with van der Waals surface area (Å²) in [7, 11) is 0. The van der Waals surface area contributed by atoms with Crippen LogP contribution >= 0.6 is 22.6 Å². The lowest BCUT2D eigenvalue weighted by molar-refractivity contribution is -0.118. The van der Waals surface area contributed by atoms with Crippen LogP contribution in [0.3, 0.4) is 0 Å². The number of para-hydroxylation sites is 1. The minimum atomic E-state index is -0.626. The van der Waals surface area contributed by atoms with E-state index in [0.717, 1.165) is 46.9 Å². The number of ether oxygens (including phenoxy) is 1. The summed E-state index contributed by atoms with van der Waals surface area (Å²) in [6.45, 7) is 6.29. The van der Waals surface area contributed by atoms with E-state index in [9.17, 15) is 9.59 Å². The van der Waals surface area contributed by atoms with Crippen molar-refractivity contribution in [2.75, 3.05) is 17.2 Å². The van der Waals surface area contributed by atoms with Crippen LogP contribution in [0, 0.1) is 0 Å². The van der Waals surface area contributed by atoms with Crippen molar-refractivity contribution in [1.82, 2.24) is 25.1 Å². The van der Waals surface area contributed by atoms with Crippen LogP contribution in [0.5, 0.6) is 0 Å². The molecule has 0 radical (unpaired) electrons. The first-order valence-electron chi connectivity index (χ1n) is 13.7. The summed E-state index contributed by atoms with van der Waals surface area (Å²) in [6.07, 6.45) is 2.86. The van der Waals surface area contributed by atoms with Crippen LogP contribution in [-0.4, -0.2) is 47.4 Å². The van der Waals surface area contributed by atoms with Gasteiger partial charge < -0.3 is 15.4 Å². The third-order valence-corrected chi connectivity index (χ3v) is 8.25. The maximum atomic E-state index is 13.0. The predicted molar refractivity (Wildman–Crippen MR) is 172 cm³/mol. The van der Waals surface area contributed by atoms with Gasteiger partial charge in [0.25, 0.3) is 5.91 Å². The molecule has 3 aromatic carbocycles. The first kappa shape index (κ1) is 28.0. The molecule has 5 aromatic rings. The number of amides is 1. The summed E-state index contributed by atoms with van der Waals surface area (Å²) in [6, 6.07) is 20.9. The lowest BCUT2D eigenvalue weighted by Gasteiger charge is -2.21. The molecule has 3 heterocycles. The summed E-state index contributed by atoms with van der Waals surface area (Å²) in [5.74, 6) is 1.09. The Labute approximate surface area is 256 Å². The normalized spacial score (nSPS) is 17.0. The Hall–Kier alpha value is -4.10. The molecule has 6 rings (SSSR count). The standard InChI is InChI=1S/C31H30IN7O3/c1-30(2,3)42-29(41)39-25-13-12-22(17-20(25)18-34-39)35-27-23-10-4-5-11-24(23)37-26(38-27)19-8-6-9-21(16-19)36-28(40)31(32)14-7-15-33-31/h4-6,8-13,16-18,33H,7,14-15H2,1-3H3,(H,36,40)(H,35,37,38)/t31-/m1/s1. The number of hydrogen-bond acceptors (Lipinski definition) is 8. The molecule has 0 aliphatic carbocycles. The first-order valence-corrected chi connectivity index (χ1v) is 14.8. The Balaban J connectivity index is 1.30. The third kappa shape index (κ3) is 5.79. The minimum absolute atomic E-state index is 0.0649. The molecule has 11 heteroatoms. The average molecular weight is 676 g/mol. The Bertz CT molecular complexity index is 1820. The largest absolute Gasteiger partial charge is 0.442 e. The summed E-state index contributed by atoms with van der Waals surface area (Å²) in [5, 5.41) is 15.6. The second kappa shape index (κ2) is 11.0. The van der Waals surface area contributed by atoms with Gasteiger partial charge in [0.2, 0.25) is 0 Å². The molecule has 214 valence electrons. The molecule has 1 aliphatic heterocycles. The van der Waals surface area contributed by atoms with Crippen LogP contribution in [0.1, 0.15) is 33.6 Å². The van der Waals surface area contributed by atoms with E-state index in [4.69, 9.17) is 14.7 Å². The molecule has 1 atom stereocenters. The number of fused-ring (bicyclic) bond motifs is 2. The second-order valence-corrected chi connectivity index (χ2v) is 13.1. The fraction of sp³-hybridized carbons (Fsp3) is 0.258. The first-order chi connectivity index (χ1) is 20.1. The number of nitrogens with zero attached hydrogens (tertiary/aromatic N) is 4. The number of carbonyl (C=O) groups is 2. The van der Waals surface area contributed by atoms with E-state index in [0.29, 0.717) is 22.8 Å². The molecular formula is C31H30IN7O3. The van der Waals surface area contributed by atoms with Gasteiger partial charge in [0.15, 0.2) is 9.37 Å². The Kier molecular flexibility index (Phi) is 7.31. The molecule has 1 fully saturated rings. The second-order valence-electron chi connectivity index (χ2n) is 11.2. The smallest absolute Gasteiger partial charge is 0.435 e. The maximum absolute atomic E-state index is 13.0. The fourth-order valence-electron chi connectivity index (χ4n) is 4.87. The Morgan fingerprint density at radius 1 is 1.02 bits per heavy atom. The lowest BCUT2D eigenvalue weighted by atomic mass is 10.1. The molecule has 42 heavy (non-hydrogen) atoms. The van der Waals surface area contributed by atoms with Crippen LogP contribution < -0.4 is 16.0 Å². The van der Waals surface area contributed by atoms with Crippen LogP contribution in [0.4, 0.5) is 22.0 Å². The third-order valence-electron chi connectivity index (χ3n) is 6.84. The van der Waals surface area contributed by atoms with Gasteiger partial charge >= 0.3 is 6.09 Å². The van der Waals surface area contributed by atoms with Crippen molar-refractivity contribution in [3.63, 3.8) is 0 Å². The monoisotopic (exact) mass is 675 g/mol. The van der Waals surface area contributed by atoms with E-state index >= 15 is 0 Å². The molecule has 0 saturated carbocycles. The van der Waals surface area contributed by atoms with Crippen LogP contribution in [0.2, 0.25) is 0 Å². The zero-order valence-electron chi connectivity index (χ0n) is 23.4. The van der Waals surface area contributed by atoms with Gasteiger partial charge in [-0.1, -0.05) is 46.9 Å². The zero-order valence-corrected chi connectivity index (χ0v) is 25.6. The number of benzene rings is 3. The summed E-state index contributed by atoms with van der Waals surface area (Å²) < 4.78 is 6.14. The van der Waals surface area contributed by atoms with Gasteiger partial charge in [-0.15, -0.1) is 0 Å². The number of alkyl halides is 1. The van der Waals surface area contributed by atoms with E-state index in [-0.39, 0.29) is 5.91 Å². The topological polar surface area (TPSA) is 123 Å². The van der Waals surface area contributed by atoms with Crippen LogP contribution in [-0.2, 0) is 9.53 Å². The SMILES string of the molecule is CC(C)(C)OC(=O)n1ncc2cc(Nc3nc(-c4cccc(NC(=O)[C@@]5(I)CCCN5)c4)nc4ccccc34)ccc21. The molecule has 3 N–H and O–H groups in total. The number of anilines is 3. The van der Waals surface area contributed by atoms with Crippen LogP contribution in [0.25, 0.3) is 33.2 Å². The molecule has 2 aromatic heterocycles.